The van der Waals surface area contributed by atoms with Crippen molar-refractivity contribution in [2.45, 2.75) is 13.5 Å². The van der Waals surface area contributed by atoms with Gasteiger partial charge in [0.25, 0.3) is 0 Å². The summed E-state index contributed by atoms with van der Waals surface area (Å²) in [5.74, 6) is -0.677. The lowest BCUT2D eigenvalue weighted by Gasteiger charge is -2.13. The molecule has 2 aromatic carbocycles. The third-order valence-electron chi connectivity index (χ3n) is 2.94. The first-order valence-corrected chi connectivity index (χ1v) is 6.96. The molecule has 0 saturated heterocycles. The van der Waals surface area contributed by atoms with Gasteiger partial charge in [0.1, 0.15) is 17.9 Å². The molecule has 106 valence electrons. The number of aromatic carboxylic acids is 1. The van der Waals surface area contributed by atoms with E-state index in [0.29, 0.717) is 15.8 Å². The van der Waals surface area contributed by atoms with Gasteiger partial charge in [-0.1, -0.05) is 28.1 Å². The maximum atomic E-state index is 11.3. The third kappa shape index (κ3) is 3.61. The van der Waals surface area contributed by atoms with Crippen LogP contribution < -0.4 is 4.74 Å². The van der Waals surface area contributed by atoms with Gasteiger partial charge in [-0.15, -0.1) is 0 Å². The highest BCUT2D eigenvalue weighted by molar-refractivity contribution is 9.10. The normalized spacial score (nSPS) is 9.95. The fourth-order valence-electron chi connectivity index (χ4n) is 1.91. The number of aryl methyl sites for hydroxylation is 1. The molecule has 0 unspecified atom stereocenters. The number of nitriles is 1. The summed E-state index contributed by atoms with van der Waals surface area (Å²) in [6.07, 6.45) is 0. The molecule has 0 heterocycles. The van der Waals surface area contributed by atoms with E-state index in [0.717, 1.165) is 11.1 Å². The van der Waals surface area contributed by atoms with Gasteiger partial charge >= 0.3 is 5.97 Å². The van der Waals surface area contributed by atoms with Crippen LogP contribution >= 0.6 is 15.9 Å². The molecular formula is C16H12BrNO3. The molecule has 0 aromatic heterocycles. The second-order valence-corrected chi connectivity index (χ2v) is 5.42. The molecule has 0 bridgehead atoms. The molecule has 0 aliphatic carbocycles. The number of hydrogen-bond donors (Lipinski definition) is 1. The summed E-state index contributed by atoms with van der Waals surface area (Å²) in [4.78, 5) is 11.3. The minimum atomic E-state index is -1.03. The number of halogens is 1. The highest BCUT2D eigenvalue weighted by atomic mass is 79.9. The van der Waals surface area contributed by atoms with Crippen molar-refractivity contribution >= 4 is 21.9 Å². The van der Waals surface area contributed by atoms with E-state index < -0.39 is 5.97 Å². The molecule has 2 rings (SSSR count). The summed E-state index contributed by atoms with van der Waals surface area (Å²) in [5.41, 5.74) is 2.31. The standard InChI is InChI=1S/C16H12BrNO3/c1-10-6-13(17)7-14(16(19)20)15(10)21-9-12-4-2-11(8-18)3-5-12/h2-7H,9H2,1H3,(H,19,20). The Kier molecular flexibility index (Phi) is 4.61. The molecule has 0 radical (unpaired) electrons. The number of carbonyl (C=O) groups is 1. The SMILES string of the molecule is Cc1cc(Br)cc(C(=O)O)c1OCc1ccc(C#N)cc1. The Morgan fingerprint density at radius 1 is 1.33 bits per heavy atom. The quantitative estimate of drug-likeness (QED) is 0.911. The van der Waals surface area contributed by atoms with E-state index in [-0.39, 0.29) is 12.2 Å². The average molecular weight is 346 g/mol. The van der Waals surface area contributed by atoms with Gasteiger partial charge < -0.3 is 9.84 Å². The molecule has 21 heavy (non-hydrogen) atoms. The van der Waals surface area contributed by atoms with Crippen molar-refractivity contribution in [3.8, 4) is 11.8 Å². The first-order chi connectivity index (χ1) is 10.0. The largest absolute Gasteiger partial charge is 0.488 e. The molecule has 0 saturated carbocycles. The molecule has 1 N–H and O–H groups in total. The fraction of sp³-hybridized carbons (Fsp3) is 0.125. The van der Waals surface area contributed by atoms with Gasteiger partial charge in [0.15, 0.2) is 0 Å². The van der Waals surface area contributed by atoms with Gasteiger partial charge in [-0.25, -0.2) is 4.79 Å². The summed E-state index contributed by atoms with van der Waals surface area (Å²) >= 11 is 3.28. The van der Waals surface area contributed by atoms with E-state index in [2.05, 4.69) is 15.9 Å². The molecule has 5 heteroatoms. The summed E-state index contributed by atoms with van der Waals surface area (Å²) in [5, 5.41) is 18.0. The molecule has 4 nitrogen and oxygen atoms in total. The van der Waals surface area contributed by atoms with Crippen molar-refractivity contribution < 1.29 is 14.6 Å². The Hall–Kier alpha value is -2.32. The second kappa shape index (κ2) is 6.42. The summed E-state index contributed by atoms with van der Waals surface area (Å²) in [6.45, 7) is 2.04. The molecule has 0 aliphatic rings. The number of ether oxygens (including phenoxy) is 1. The van der Waals surface area contributed by atoms with Crippen LogP contribution in [0.4, 0.5) is 0 Å². The lowest BCUT2D eigenvalue weighted by molar-refractivity contribution is 0.0691. The first kappa shape index (κ1) is 15.1. The summed E-state index contributed by atoms with van der Waals surface area (Å²) in [6, 6.07) is 12.3. The zero-order chi connectivity index (χ0) is 15.4. The van der Waals surface area contributed by atoms with Gasteiger partial charge in [-0.3, -0.25) is 0 Å². The first-order valence-electron chi connectivity index (χ1n) is 6.16. The lowest BCUT2D eigenvalue weighted by Crippen LogP contribution is -2.05. The van der Waals surface area contributed by atoms with Crippen LogP contribution in [0, 0.1) is 18.3 Å². The van der Waals surface area contributed by atoms with Gasteiger partial charge in [-0.05, 0) is 42.3 Å². The molecule has 0 atom stereocenters. The number of hydrogen-bond acceptors (Lipinski definition) is 3. The molecule has 0 fully saturated rings. The maximum Gasteiger partial charge on any atom is 0.339 e. The van der Waals surface area contributed by atoms with E-state index in [9.17, 15) is 9.90 Å². The number of rotatable bonds is 4. The highest BCUT2D eigenvalue weighted by Crippen LogP contribution is 2.28. The van der Waals surface area contributed by atoms with Gasteiger partial charge in [-0.2, -0.15) is 5.26 Å². The number of benzene rings is 2. The molecule has 0 aliphatic heterocycles. The van der Waals surface area contributed by atoms with Crippen LogP contribution in [0.5, 0.6) is 5.75 Å². The van der Waals surface area contributed by atoms with Crippen LogP contribution in [0.25, 0.3) is 0 Å². The third-order valence-corrected chi connectivity index (χ3v) is 3.39. The van der Waals surface area contributed by atoms with Crippen LogP contribution in [0.3, 0.4) is 0 Å². The van der Waals surface area contributed by atoms with Crippen molar-refractivity contribution in [2.75, 3.05) is 0 Å². The number of carboxylic acid groups (broad SMARTS) is 1. The summed E-state index contributed by atoms with van der Waals surface area (Å²) in [7, 11) is 0. The Balaban J connectivity index is 2.23. The van der Waals surface area contributed by atoms with Gasteiger partial charge in [0.2, 0.25) is 0 Å². The van der Waals surface area contributed by atoms with Crippen molar-refractivity contribution in [3.63, 3.8) is 0 Å². The van der Waals surface area contributed by atoms with Crippen LogP contribution in [0.15, 0.2) is 40.9 Å². The van der Waals surface area contributed by atoms with E-state index >= 15 is 0 Å². The maximum absolute atomic E-state index is 11.3. The average Bonchev–Trinajstić information content (AvgIpc) is 2.46. The van der Waals surface area contributed by atoms with Crippen molar-refractivity contribution in [1.82, 2.24) is 0 Å². The topological polar surface area (TPSA) is 70.3 Å². The van der Waals surface area contributed by atoms with E-state index in [1.165, 1.54) is 6.07 Å². The minimum Gasteiger partial charge on any atom is -0.488 e. The number of carboxylic acids is 1. The van der Waals surface area contributed by atoms with Crippen molar-refractivity contribution in [3.05, 3.63) is 63.1 Å². The van der Waals surface area contributed by atoms with E-state index in [1.807, 2.05) is 6.07 Å². The van der Waals surface area contributed by atoms with E-state index in [1.54, 1.807) is 37.3 Å². The predicted molar refractivity (Wildman–Crippen MR) is 81.3 cm³/mol. The zero-order valence-corrected chi connectivity index (χ0v) is 12.8. The monoisotopic (exact) mass is 345 g/mol. The van der Waals surface area contributed by atoms with Crippen LogP contribution in [-0.2, 0) is 6.61 Å². The predicted octanol–water partition coefficient (Wildman–Crippen LogP) is 3.91. The van der Waals surface area contributed by atoms with Crippen LogP contribution in [0.1, 0.15) is 27.0 Å². The van der Waals surface area contributed by atoms with Crippen LogP contribution in [-0.4, -0.2) is 11.1 Å². The fourth-order valence-corrected chi connectivity index (χ4v) is 2.48. The highest BCUT2D eigenvalue weighted by Gasteiger charge is 2.15. The van der Waals surface area contributed by atoms with Gasteiger partial charge in [0, 0.05) is 4.47 Å². The summed E-state index contributed by atoms with van der Waals surface area (Å²) < 4.78 is 6.36. The van der Waals surface area contributed by atoms with Crippen LogP contribution in [0.2, 0.25) is 0 Å². The zero-order valence-electron chi connectivity index (χ0n) is 11.3. The Labute approximate surface area is 130 Å². The smallest absolute Gasteiger partial charge is 0.339 e. The Bertz CT molecular complexity index is 718. The molecule has 0 amide bonds. The number of nitrogens with zero attached hydrogens (tertiary/aromatic N) is 1. The lowest BCUT2D eigenvalue weighted by atomic mass is 10.1. The minimum absolute atomic E-state index is 0.121. The molecule has 2 aromatic rings. The second-order valence-electron chi connectivity index (χ2n) is 4.50. The van der Waals surface area contributed by atoms with E-state index in [4.69, 9.17) is 10.00 Å². The molecular weight excluding hydrogens is 334 g/mol. The Morgan fingerprint density at radius 3 is 2.57 bits per heavy atom. The van der Waals surface area contributed by atoms with Gasteiger partial charge in [0.05, 0.1) is 11.6 Å². The van der Waals surface area contributed by atoms with Crippen molar-refractivity contribution in [2.24, 2.45) is 0 Å². The Morgan fingerprint density at radius 2 is 2.00 bits per heavy atom. The molecule has 0 spiro atoms. The van der Waals surface area contributed by atoms with Crippen molar-refractivity contribution in [1.29, 1.82) is 5.26 Å².